The third kappa shape index (κ3) is 12.6. The van der Waals surface area contributed by atoms with Crippen LogP contribution in [-0.2, 0) is 9.47 Å². The molecule has 3 nitrogen and oxygen atoms in total. The molecule has 0 heterocycles. The highest BCUT2D eigenvalue weighted by molar-refractivity contribution is 5.60. The second-order valence-corrected chi connectivity index (χ2v) is 4.02. The zero-order chi connectivity index (χ0) is 13.6. The first-order valence-electron chi connectivity index (χ1n) is 6.45. The van der Waals surface area contributed by atoms with Gasteiger partial charge in [-0.2, -0.15) is 0 Å². The number of hydrogen-bond donors (Lipinski definition) is 0. The van der Waals surface area contributed by atoms with E-state index in [0.717, 1.165) is 19.3 Å². The SMILES string of the molecule is CC/C=C\C/C=C\C/C=C\COC(=O)OC(C)C. The maximum Gasteiger partial charge on any atom is 0.508 e. The van der Waals surface area contributed by atoms with Crippen molar-refractivity contribution in [1.29, 1.82) is 0 Å². The summed E-state index contributed by atoms with van der Waals surface area (Å²) in [6.45, 7) is 5.95. The van der Waals surface area contributed by atoms with Gasteiger partial charge in [-0.05, 0) is 33.1 Å². The summed E-state index contributed by atoms with van der Waals surface area (Å²) in [4.78, 5) is 11.0. The van der Waals surface area contributed by atoms with Crippen molar-refractivity contribution in [2.45, 2.75) is 46.1 Å². The van der Waals surface area contributed by atoms with Crippen molar-refractivity contribution in [2.75, 3.05) is 6.61 Å². The molecule has 0 saturated carbocycles. The van der Waals surface area contributed by atoms with E-state index in [2.05, 4.69) is 31.2 Å². The standard InChI is InChI=1S/C15H24O3/c1-4-5-6-7-8-9-10-11-12-13-17-15(16)18-14(2)3/h5-6,8-9,11-12,14H,4,7,10,13H2,1-3H3/b6-5-,9-8-,12-11-. The average Bonchev–Trinajstić information content (AvgIpc) is 2.30. The lowest BCUT2D eigenvalue weighted by Crippen LogP contribution is -2.12. The van der Waals surface area contributed by atoms with E-state index in [-0.39, 0.29) is 12.7 Å². The summed E-state index contributed by atoms with van der Waals surface area (Å²) >= 11 is 0. The van der Waals surface area contributed by atoms with Crippen LogP contribution in [0, 0.1) is 0 Å². The number of carbonyl (C=O) groups excluding carboxylic acids is 1. The minimum absolute atomic E-state index is 0.138. The fraction of sp³-hybridized carbons (Fsp3) is 0.533. The van der Waals surface area contributed by atoms with Crippen molar-refractivity contribution < 1.29 is 14.3 Å². The molecular weight excluding hydrogens is 228 g/mol. The van der Waals surface area contributed by atoms with Gasteiger partial charge in [0.1, 0.15) is 6.61 Å². The minimum Gasteiger partial charge on any atom is -0.432 e. The maximum absolute atomic E-state index is 11.0. The highest BCUT2D eigenvalue weighted by atomic mass is 16.7. The molecule has 0 amide bonds. The Morgan fingerprint density at radius 2 is 1.56 bits per heavy atom. The summed E-state index contributed by atoms with van der Waals surface area (Å²) in [6.07, 6.45) is 14.4. The summed E-state index contributed by atoms with van der Waals surface area (Å²) in [5, 5.41) is 0. The summed E-state index contributed by atoms with van der Waals surface area (Å²) in [7, 11) is 0. The van der Waals surface area contributed by atoms with Gasteiger partial charge in [0.05, 0.1) is 6.10 Å². The highest BCUT2D eigenvalue weighted by Crippen LogP contribution is 1.94. The van der Waals surface area contributed by atoms with Gasteiger partial charge in [-0.15, -0.1) is 0 Å². The molecule has 0 rings (SSSR count). The van der Waals surface area contributed by atoms with Crippen LogP contribution in [0.15, 0.2) is 36.5 Å². The molecule has 0 N–H and O–H groups in total. The monoisotopic (exact) mass is 252 g/mol. The molecule has 0 aliphatic rings. The van der Waals surface area contributed by atoms with Gasteiger partial charge in [0.2, 0.25) is 0 Å². The van der Waals surface area contributed by atoms with E-state index in [0.29, 0.717) is 0 Å². The molecule has 0 radical (unpaired) electrons. The first-order valence-corrected chi connectivity index (χ1v) is 6.45. The van der Waals surface area contributed by atoms with E-state index >= 15 is 0 Å². The van der Waals surface area contributed by atoms with E-state index in [1.165, 1.54) is 0 Å². The predicted octanol–water partition coefficient (Wildman–Crippen LogP) is 4.41. The van der Waals surface area contributed by atoms with Crippen molar-refractivity contribution in [1.82, 2.24) is 0 Å². The quantitative estimate of drug-likeness (QED) is 0.474. The van der Waals surface area contributed by atoms with Gasteiger partial charge < -0.3 is 9.47 Å². The predicted molar refractivity (Wildman–Crippen MR) is 74.5 cm³/mol. The summed E-state index contributed by atoms with van der Waals surface area (Å²) in [5.41, 5.74) is 0. The lowest BCUT2D eigenvalue weighted by Gasteiger charge is -2.06. The number of hydrogen-bond acceptors (Lipinski definition) is 3. The fourth-order valence-electron chi connectivity index (χ4n) is 1.12. The zero-order valence-corrected chi connectivity index (χ0v) is 11.6. The van der Waals surface area contributed by atoms with Crippen molar-refractivity contribution in [2.24, 2.45) is 0 Å². The van der Waals surface area contributed by atoms with Crippen LogP contribution in [0.1, 0.15) is 40.0 Å². The molecule has 18 heavy (non-hydrogen) atoms. The molecular formula is C15H24O3. The topological polar surface area (TPSA) is 35.5 Å². The average molecular weight is 252 g/mol. The van der Waals surface area contributed by atoms with E-state index in [4.69, 9.17) is 9.47 Å². The van der Waals surface area contributed by atoms with Crippen LogP contribution >= 0.6 is 0 Å². The van der Waals surface area contributed by atoms with Crippen molar-refractivity contribution in [3.63, 3.8) is 0 Å². The Morgan fingerprint density at radius 3 is 2.11 bits per heavy atom. The first-order chi connectivity index (χ1) is 8.66. The third-order valence-electron chi connectivity index (χ3n) is 1.91. The number of allylic oxidation sites excluding steroid dienone is 5. The van der Waals surface area contributed by atoms with Gasteiger partial charge in [0.15, 0.2) is 0 Å². The van der Waals surface area contributed by atoms with Gasteiger partial charge in [0, 0.05) is 0 Å². The molecule has 0 saturated heterocycles. The van der Waals surface area contributed by atoms with Crippen LogP contribution < -0.4 is 0 Å². The first kappa shape index (κ1) is 16.5. The van der Waals surface area contributed by atoms with Gasteiger partial charge in [-0.25, -0.2) is 4.79 Å². The van der Waals surface area contributed by atoms with Crippen molar-refractivity contribution in [3.8, 4) is 0 Å². The summed E-state index contributed by atoms with van der Waals surface area (Å²) in [6, 6.07) is 0. The lowest BCUT2D eigenvalue weighted by molar-refractivity contribution is 0.0414. The molecule has 3 heteroatoms. The van der Waals surface area contributed by atoms with Crippen molar-refractivity contribution >= 4 is 6.16 Å². The van der Waals surface area contributed by atoms with Gasteiger partial charge in [-0.3, -0.25) is 0 Å². The molecule has 102 valence electrons. The Hall–Kier alpha value is -1.51. The Labute approximate surface area is 110 Å². The van der Waals surface area contributed by atoms with E-state index < -0.39 is 6.16 Å². The molecule has 0 aliphatic heterocycles. The number of rotatable bonds is 8. The third-order valence-corrected chi connectivity index (χ3v) is 1.91. The Bertz CT molecular complexity index is 288. The lowest BCUT2D eigenvalue weighted by atomic mass is 10.3. The van der Waals surface area contributed by atoms with E-state index in [1.807, 2.05) is 12.2 Å². The second-order valence-electron chi connectivity index (χ2n) is 4.02. The largest absolute Gasteiger partial charge is 0.508 e. The summed E-state index contributed by atoms with van der Waals surface area (Å²) in [5.74, 6) is 0. The Morgan fingerprint density at radius 1 is 1.00 bits per heavy atom. The molecule has 0 spiro atoms. The van der Waals surface area contributed by atoms with Gasteiger partial charge in [0.25, 0.3) is 0 Å². The normalized spacial score (nSPS) is 12.0. The van der Waals surface area contributed by atoms with Crippen LogP contribution in [0.2, 0.25) is 0 Å². The summed E-state index contributed by atoms with van der Waals surface area (Å²) < 4.78 is 9.65. The maximum atomic E-state index is 11.0. The van der Waals surface area contributed by atoms with E-state index in [9.17, 15) is 4.79 Å². The molecule has 0 fully saturated rings. The van der Waals surface area contributed by atoms with Gasteiger partial charge >= 0.3 is 6.16 Å². The minimum atomic E-state index is -0.616. The molecule has 0 aromatic heterocycles. The van der Waals surface area contributed by atoms with Crippen LogP contribution in [0.3, 0.4) is 0 Å². The van der Waals surface area contributed by atoms with Gasteiger partial charge in [-0.1, -0.05) is 43.4 Å². The molecule has 0 atom stereocenters. The van der Waals surface area contributed by atoms with E-state index in [1.54, 1.807) is 13.8 Å². The second kappa shape index (κ2) is 12.0. The molecule has 0 unspecified atom stereocenters. The van der Waals surface area contributed by atoms with Crippen LogP contribution in [-0.4, -0.2) is 18.9 Å². The molecule has 0 aromatic rings. The van der Waals surface area contributed by atoms with Crippen LogP contribution in [0.25, 0.3) is 0 Å². The molecule has 0 aromatic carbocycles. The smallest absolute Gasteiger partial charge is 0.432 e. The zero-order valence-electron chi connectivity index (χ0n) is 11.6. The Kier molecular flexibility index (Phi) is 11.0. The van der Waals surface area contributed by atoms with Crippen LogP contribution in [0.4, 0.5) is 4.79 Å². The van der Waals surface area contributed by atoms with Crippen LogP contribution in [0.5, 0.6) is 0 Å². The van der Waals surface area contributed by atoms with Crippen molar-refractivity contribution in [3.05, 3.63) is 36.5 Å². The Balaban J connectivity index is 3.48. The number of carbonyl (C=O) groups is 1. The fourth-order valence-corrected chi connectivity index (χ4v) is 1.12. The highest BCUT2D eigenvalue weighted by Gasteiger charge is 2.03. The number of ether oxygens (including phenoxy) is 2. The molecule has 0 aliphatic carbocycles. The molecule has 0 bridgehead atoms.